The number of halogens is 1. The predicted molar refractivity (Wildman–Crippen MR) is 214 cm³/mol. The molecule has 9 heterocycles. The molecule has 1 N–H and O–H groups in total. The molecule has 21 heteroatoms. The zero-order chi connectivity index (χ0) is 41.3. The normalized spacial score (nSPS) is 20.9. The Balaban J connectivity index is 0.000000137. The quantitative estimate of drug-likeness (QED) is 0.256. The molecule has 3 fully saturated rings. The molecule has 9 rings (SSSR count). The molecule has 3 aromatic rings. The van der Waals surface area contributed by atoms with Crippen molar-refractivity contribution in [1.82, 2.24) is 59.5 Å². The van der Waals surface area contributed by atoms with E-state index in [1.807, 2.05) is 30.4 Å². The van der Waals surface area contributed by atoms with Gasteiger partial charge in [0, 0.05) is 42.7 Å². The van der Waals surface area contributed by atoms with Gasteiger partial charge in [-0.2, -0.15) is 41.2 Å². The van der Waals surface area contributed by atoms with Gasteiger partial charge in [0.15, 0.2) is 11.4 Å². The molecule has 0 saturated carbocycles. The summed E-state index contributed by atoms with van der Waals surface area (Å²) in [6, 6.07) is 10.7. The number of hydroxylamine groups is 4. The molecule has 0 radical (unpaired) electrons. The fourth-order valence-electron chi connectivity index (χ4n) is 6.57. The van der Waals surface area contributed by atoms with Gasteiger partial charge < -0.3 is 19.6 Å². The fraction of sp³-hybridized carbons (Fsp3) is 0.324. The number of hydrogen-bond acceptors (Lipinski definition) is 11. The van der Waals surface area contributed by atoms with Crippen LogP contribution in [0.1, 0.15) is 17.1 Å². The van der Waals surface area contributed by atoms with Crippen LogP contribution in [0.4, 0.5) is 14.4 Å². The van der Waals surface area contributed by atoms with Crippen LogP contribution in [0.15, 0.2) is 83.9 Å². The summed E-state index contributed by atoms with van der Waals surface area (Å²) in [7, 11) is 1.80. The van der Waals surface area contributed by atoms with Crippen molar-refractivity contribution in [2.24, 2.45) is 0 Å². The molecular weight excluding hydrogens is 861 g/mol. The molecule has 298 valence electrons. The van der Waals surface area contributed by atoms with Gasteiger partial charge in [0.1, 0.15) is 23.9 Å². The van der Waals surface area contributed by atoms with Crippen molar-refractivity contribution < 1.29 is 24.1 Å². The maximum absolute atomic E-state index is 12.1. The Morgan fingerprint density at radius 2 is 1.26 bits per heavy atom. The third-order valence-electron chi connectivity index (χ3n) is 9.28. The van der Waals surface area contributed by atoms with Gasteiger partial charge in [-0.15, -0.1) is 13.2 Å². The molecule has 3 atom stereocenters. The lowest BCUT2D eigenvalue weighted by Gasteiger charge is -2.21. The number of carbonyl (C=O) groups is 3. The summed E-state index contributed by atoms with van der Waals surface area (Å²) in [5, 5.41) is 42.7. The molecule has 6 amide bonds. The SMILES string of the molecule is C=CCON1C(=O)N2CC(I)=CC1C2.C=CCON1C(=O)N2CC(n3ccc(C#N)n3)=CC1C2.CN1C(=O)N2CC(n3ccc(C#N)n3)=CC1C2.N#Cc1ccn[nH]1. The Labute approximate surface area is 347 Å². The Bertz CT molecular complexity index is 2260. The minimum absolute atomic E-state index is 0.0419. The average molecular weight is 900 g/mol. The van der Waals surface area contributed by atoms with Crippen molar-refractivity contribution >= 4 is 52.1 Å². The summed E-state index contributed by atoms with van der Waals surface area (Å²) in [6.07, 6.45) is 14.3. The summed E-state index contributed by atoms with van der Waals surface area (Å²) in [5.41, 5.74) is 3.05. The summed E-state index contributed by atoms with van der Waals surface area (Å²) in [4.78, 5) is 53.2. The number of nitrogens with zero attached hydrogens (tertiary/aromatic N) is 14. The number of H-pyrrole nitrogens is 1. The van der Waals surface area contributed by atoms with Gasteiger partial charge in [-0.25, -0.2) is 23.7 Å². The van der Waals surface area contributed by atoms with Crippen LogP contribution in [0.3, 0.4) is 0 Å². The summed E-state index contributed by atoms with van der Waals surface area (Å²) in [6.45, 7) is 11.6. The van der Waals surface area contributed by atoms with Crippen molar-refractivity contribution in [3.8, 4) is 18.2 Å². The largest absolute Gasteiger partial charge is 0.345 e. The Morgan fingerprint density at radius 3 is 1.71 bits per heavy atom. The second kappa shape index (κ2) is 18.5. The number of hydrogen-bond donors (Lipinski definition) is 1. The van der Waals surface area contributed by atoms with E-state index >= 15 is 0 Å². The molecule has 3 aromatic heterocycles. The standard InChI is InChI=1S/C13H13N5O2.C11H11N5O.C9H11IN2O2.C4H3N3/c1-2-5-20-18-12-6-11(8-16(9-12)13(18)19)17-4-3-10(7-14)15-17;1-14-9-4-10(7-15(6-9)11(14)17)16-3-2-8(5-12)13-16;1-2-3-14-12-8-4-7(10)5-11(6-8)9(12)13;5-3-4-1-2-6-7-4/h2-4,6,12H,1,5,8-9H2;2-4,9H,6-7H2,1H3;2,4,8H,1,3,5-6H2;1-2H,(H,6,7). The molecule has 0 spiro atoms. The van der Waals surface area contributed by atoms with Crippen LogP contribution in [-0.4, -0.2) is 155 Å². The smallest absolute Gasteiger partial charge is 0.319 e. The average Bonchev–Trinajstić information content (AvgIpc) is 4.11. The molecule has 20 nitrogen and oxygen atoms in total. The number of nitrogens with one attached hydrogen (secondary N) is 1. The van der Waals surface area contributed by atoms with Gasteiger partial charge >= 0.3 is 18.1 Å². The Morgan fingerprint density at radius 1 is 0.759 bits per heavy atom. The third kappa shape index (κ3) is 9.10. The molecule has 58 heavy (non-hydrogen) atoms. The number of nitriles is 3. The first-order chi connectivity index (χ1) is 28.1. The molecule has 6 aliphatic rings. The van der Waals surface area contributed by atoms with E-state index in [1.165, 1.54) is 13.7 Å². The minimum Gasteiger partial charge on any atom is -0.319 e. The zero-order valence-electron chi connectivity index (χ0n) is 31.3. The van der Waals surface area contributed by atoms with E-state index in [0.29, 0.717) is 56.5 Å². The first-order valence-electron chi connectivity index (χ1n) is 17.8. The van der Waals surface area contributed by atoms with Crippen molar-refractivity contribution in [3.63, 3.8) is 0 Å². The van der Waals surface area contributed by atoms with Gasteiger partial charge in [0.05, 0.1) is 68.6 Å². The second-order valence-electron chi connectivity index (χ2n) is 13.1. The van der Waals surface area contributed by atoms with E-state index in [2.05, 4.69) is 62.2 Å². The van der Waals surface area contributed by atoms with Crippen molar-refractivity contribution in [3.05, 3.63) is 101 Å². The molecule has 0 aliphatic carbocycles. The maximum Gasteiger partial charge on any atom is 0.345 e. The van der Waals surface area contributed by atoms with E-state index in [0.717, 1.165) is 24.5 Å². The van der Waals surface area contributed by atoms with Crippen LogP contribution >= 0.6 is 22.6 Å². The van der Waals surface area contributed by atoms with E-state index in [-0.39, 0.29) is 36.2 Å². The van der Waals surface area contributed by atoms with Crippen LogP contribution < -0.4 is 0 Å². The van der Waals surface area contributed by atoms with E-state index in [9.17, 15) is 14.4 Å². The van der Waals surface area contributed by atoms with Crippen LogP contribution in [0.2, 0.25) is 0 Å². The first kappa shape index (κ1) is 40.9. The monoisotopic (exact) mass is 899 g/mol. The van der Waals surface area contributed by atoms with Gasteiger partial charge in [-0.1, -0.05) is 12.2 Å². The molecule has 0 aromatic carbocycles. The van der Waals surface area contributed by atoms with Crippen LogP contribution in [0, 0.1) is 34.0 Å². The number of aromatic nitrogens is 6. The Kier molecular flexibility index (Phi) is 13.0. The van der Waals surface area contributed by atoms with Crippen LogP contribution in [-0.2, 0) is 9.68 Å². The molecule has 3 unspecified atom stereocenters. The van der Waals surface area contributed by atoms with Crippen molar-refractivity contribution in [2.45, 2.75) is 18.1 Å². The minimum atomic E-state index is -0.157. The third-order valence-corrected chi connectivity index (χ3v) is 9.98. The van der Waals surface area contributed by atoms with E-state index in [4.69, 9.17) is 25.5 Å². The topological polar surface area (TPSA) is 225 Å². The molecule has 3 saturated heterocycles. The lowest BCUT2D eigenvalue weighted by Crippen LogP contribution is -2.33. The van der Waals surface area contributed by atoms with E-state index in [1.54, 1.807) is 85.0 Å². The van der Waals surface area contributed by atoms with Gasteiger partial charge in [-0.3, -0.25) is 14.8 Å². The molecular formula is C37H38IN15O5. The maximum atomic E-state index is 12.1. The highest BCUT2D eigenvalue weighted by molar-refractivity contribution is 14.1. The summed E-state index contributed by atoms with van der Waals surface area (Å²) < 4.78 is 4.49. The number of urea groups is 3. The molecule has 6 aliphatic heterocycles. The predicted octanol–water partition coefficient (Wildman–Crippen LogP) is 3.00. The zero-order valence-corrected chi connectivity index (χ0v) is 33.5. The fourth-order valence-corrected chi connectivity index (χ4v) is 7.39. The lowest BCUT2D eigenvalue weighted by atomic mass is 10.2. The number of rotatable bonds is 8. The highest BCUT2D eigenvalue weighted by atomic mass is 127. The second-order valence-corrected chi connectivity index (χ2v) is 14.5. The molecule has 6 bridgehead atoms. The Hall–Kier alpha value is -6.74. The van der Waals surface area contributed by atoms with Gasteiger partial charge in [0.25, 0.3) is 0 Å². The number of carbonyl (C=O) groups excluding carboxylic acids is 3. The first-order valence-corrected chi connectivity index (χ1v) is 18.9. The summed E-state index contributed by atoms with van der Waals surface area (Å²) >= 11 is 2.25. The lowest BCUT2D eigenvalue weighted by molar-refractivity contribution is -0.107. The number of amides is 6. The van der Waals surface area contributed by atoms with Gasteiger partial charge in [-0.05, 0) is 59.0 Å². The number of aromatic amines is 1. The van der Waals surface area contributed by atoms with Crippen molar-refractivity contribution in [1.29, 1.82) is 15.8 Å². The van der Waals surface area contributed by atoms with E-state index < -0.39 is 0 Å². The highest BCUT2D eigenvalue weighted by Crippen LogP contribution is 2.28. The van der Waals surface area contributed by atoms with Crippen molar-refractivity contribution in [2.75, 3.05) is 59.5 Å². The summed E-state index contributed by atoms with van der Waals surface area (Å²) in [5.74, 6) is 0. The van der Waals surface area contributed by atoms with Crippen LogP contribution in [0.25, 0.3) is 11.4 Å². The highest BCUT2D eigenvalue weighted by Gasteiger charge is 2.42. The van der Waals surface area contributed by atoms with Crippen LogP contribution in [0.5, 0.6) is 0 Å². The number of fused-ring (bicyclic) bond motifs is 6. The van der Waals surface area contributed by atoms with Gasteiger partial charge in [0.2, 0.25) is 0 Å². The number of likely N-dealkylation sites (N-methyl/N-ethyl adjacent to an activating group) is 1.